The summed E-state index contributed by atoms with van der Waals surface area (Å²) in [6.45, 7) is 2.96. The molecule has 1 N–H and O–H groups in total. The maximum absolute atomic E-state index is 5.21. The van der Waals surface area contributed by atoms with Crippen LogP contribution in [0.1, 0.15) is 13.3 Å². The van der Waals surface area contributed by atoms with Gasteiger partial charge < -0.3 is 14.8 Å². The maximum Gasteiger partial charge on any atom is 0.321 e. The van der Waals surface area contributed by atoms with E-state index in [2.05, 4.69) is 22.2 Å². The van der Waals surface area contributed by atoms with Gasteiger partial charge in [0.25, 0.3) is 0 Å². The number of aromatic nitrogens is 2. The summed E-state index contributed by atoms with van der Waals surface area (Å²) in [5, 5.41) is 3.23. The molecule has 0 spiro atoms. The number of thioether (sulfide) groups is 1. The van der Waals surface area contributed by atoms with Crippen molar-refractivity contribution in [2.45, 2.75) is 18.2 Å². The van der Waals surface area contributed by atoms with E-state index in [4.69, 9.17) is 9.47 Å². The normalized spacial score (nSPS) is 10.0. The Morgan fingerprint density at radius 3 is 2.50 bits per heavy atom. The average Bonchev–Trinajstić information content (AvgIpc) is 2.34. The molecule has 1 aromatic heterocycles. The van der Waals surface area contributed by atoms with Crippen LogP contribution in [-0.2, 0) is 0 Å². The van der Waals surface area contributed by atoms with Crippen molar-refractivity contribution >= 4 is 17.6 Å². The zero-order chi connectivity index (χ0) is 12.0. The van der Waals surface area contributed by atoms with Gasteiger partial charge in [-0.25, -0.2) is 0 Å². The molecule has 1 heterocycles. The highest BCUT2D eigenvalue weighted by atomic mass is 32.2. The zero-order valence-corrected chi connectivity index (χ0v) is 10.8. The minimum atomic E-state index is 0.313. The fraction of sp³-hybridized carbons (Fsp3) is 0.600. The fourth-order valence-electron chi connectivity index (χ4n) is 1.19. The molecule has 0 radical (unpaired) electrons. The number of hydrogen-bond acceptors (Lipinski definition) is 6. The van der Waals surface area contributed by atoms with Gasteiger partial charge in [-0.1, -0.05) is 6.92 Å². The van der Waals surface area contributed by atoms with Crippen LogP contribution in [-0.4, -0.2) is 37.0 Å². The van der Waals surface area contributed by atoms with Crippen molar-refractivity contribution in [3.05, 3.63) is 0 Å². The highest BCUT2D eigenvalue weighted by Gasteiger charge is 2.14. The molecule has 0 atom stereocenters. The van der Waals surface area contributed by atoms with Crippen molar-refractivity contribution in [3.8, 4) is 11.9 Å². The van der Waals surface area contributed by atoms with Crippen LogP contribution in [0.4, 0.5) is 5.82 Å². The lowest BCUT2D eigenvalue weighted by Gasteiger charge is -2.12. The van der Waals surface area contributed by atoms with Crippen molar-refractivity contribution in [1.29, 1.82) is 0 Å². The van der Waals surface area contributed by atoms with Crippen LogP contribution >= 0.6 is 11.8 Å². The molecule has 16 heavy (non-hydrogen) atoms. The van der Waals surface area contributed by atoms with Crippen molar-refractivity contribution < 1.29 is 9.47 Å². The quantitative estimate of drug-likeness (QED) is 0.772. The number of nitrogens with one attached hydrogen (secondary N) is 1. The molecule has 0 amide bonds. The lowest BCUT2D eigenvalue weighted by atomic mass is 10.4. The Balaban J connectivity index is 3.09. The molecule has 0 unspecified atom stereocenters. The van der Waals surface area contributed by atoms with Gasteiger partial charge in [0, 0.05) is 6.54 Å². The topological polar surface area (TPSA) is 56.3 Å². The summed E-state index contributed by atoms with van der Waals surface area (Å²) in [6, 6.07) is 0.313. The Bertz CT molecular complexity index is 347. The van der Waals surface area contributed by atoms with E-state index >= 15 is 0 Å². The number of methoxy groups -OCH3 is 2. The van der Waals surface area contributed by atoms with Crippen LogP contribution in [0.25, 0.3) is 0 Å². The van der Waals surface area contributed by atoms with Crippen LogP contribution in [0.15, 0.2) is 4.90 Å². The van der Waals surface area contributed by atoms with E-state index in [0.29, 0.717) is 11.9 Å². The Morgan fingerprint density at radius 2 is 2.00 bits per heavy atom. The van der Waals surface area contributed by atoms with Crippen molar-refractivity contribution in [2.24, 2.45) is 0 Å². The van der Waals surface area contributed by atoms with E-state index in [1.54, 1.807) is 18.9 Å². The first-order chi connectivity index (χ1) is 7.76. The summed E-state index contributed by atoms with van der Waals surface area (Å²) in [4.78, 5) is 9.30. The van der Waals surface area contributed by atoms with Gasteiger partial charge in [-0.3, -0.25) is 0 Å². The van der Waals surface area contributed by atoms with Crippen LogP contribution in [0.2, 0.25) is 0 Å². The summed E-state index contributed by atoms with van der Waals surface area (Å²) in [5.41, 5.74) is 0. The predicted molar refractivity (Wildman–Crippen MR) is 65.7 cm³/mol. The lowest BCUT2D eigenvalue weighted by molar-refractivity contribution is 0.346. The first-order valence-electron chi connectivity index (χ1n) is 5.04. The van der Waals surface area contributed by atoms with Crippen LogP contribution in [0.3, 0.4) is 0 Å². The first-order valence-corrected chi connectivity index (χ1v) is 6.27. The van der Waals surface area contributed by atoms with Gasteiger partial charge in [-0.05, 0) is 12.7 Å². The third-order valence-electron chi connectivity index (χ3n) is 1.94. The molecule has 90 valence electrons. The third-order valence-corrected chi connectivity index (χ3v) is 2.71. The Morgan fingerprint density at radius 1 is 1.25 bits per heavy atom. The molecule has 6 heteroatoms. The molecule has 0 aliphatic rings. The molecule has 0 aliphatic heterocycles. The lowest BCUT2D eigenvalue weighted by Crippen LogP contribution is -2.07. The number of hydrogen-bond donors (Lipinski definition) is 1. The number of anilines is 1. The van der Waals surface area contributed by atoms with Gasteiger partial charge in [0.05, 0.1) is 14.2 Å². The Hall–Kier alpha value is -1.17. The first kappa shape index (κ1) is 12.9. The monoisotopic (exact) mass is 243 g/mol. The molecule has 0 bridgehead atoms. The van der Waals surface area contributed by atoms with E-state index in [-0.39, 0.29) is 0 Å². The number of rotatable bonds is 6. The van der Waals surface area contributed by atoms with E-state index in [1.807, 2.05) is 6.26 Å². The summed E-state index contributed by atoms with van der Waals surface area (Å²) < 4.78 is 10.2. The highest BCUT2D eigenvalue weighted by molar-refractivity contribution is 7.98. The maximum atomic E-state index is 5.21. The minimum absolute atomic E-state index is 0.313. The van der Waals surface area contributed by atoms with Gasteiger partial charge in [0.15, 0.2) is 5.82 Å². The van der Waals surface area contributed by atoms with Crippen molar-refractivity contribution in [3.63, 3.8) is 0 Å². The number of nitrogens with zero attached hydrogens (tertiary/aromatic N) is 2. The molecule has 0 fully saturated rings. The summed E-state index contributed by atoms with van der Waals surface area (Å²) in [5.74, 6) is 1.30. The second-order valence-electron chi connectivity index (χ2n) is 3.03. The smallest absolute Gasteiger partial charge is 0.321 e. The summed E-state index contributed by atoms with van der Waals surface area (Å²) in [6.07, 6.45) is 2.99. The second-order valence-corrected chi connectivity index (χ2v) is 3.84. The van der Waals surface area contributed by atoms with Gasteiger partial charge in [-0.15, -0.1) is 11.8 Å². The predicted octanol–water partition coefficient (Wildman–Crippen LogP) is 2.04. The molecule has 1 aromatic rings. The van der Waals surface area contributed by atoms with E-state index in [1.165, 1.54) is 7.11 Å². The largest absolute Gasteiger partial charge is 0.480 e. The summed E-state index contributed by atoms with van der Waals surface area (Å²) in [7, 11) is 3.13. The second kappa shape index (κ2) is 6.42. The molecule has 5 nitrogen and oxygen atoms in total. The number of ether oxygens (including phenoxy) is 2. The molecule has 0 aliphatic carbocycles. The molecular formula is C10H17N3O2S. The molecule has 0 aromatic carbocycles. The highest BCUT2D eigenvalue weighted by Crippen LogP contribution is 2.33. The van der Waals surface area contributed by atoms with Gasteiger partial charge >= 0.3 is 6.01 Å². The van der Waals surface area contributed by atoms with Crippen molar-refractivity contribution in [2.75, 3.05) is 32.3 Å². The molecule has 0 saturated heterocycles. The molecule has 1 rings (SSSR count). The molecular weight excluding hydrogens is 226 g/mol. The zero-order valence-electron chi connectivity index (χ0n) is 10.0. The fourth-order valence-corrected chi connectivity index (χ4v) is 1.80. The Kier molecular flexibility index (Phi) is 5.18. The van der Waals surface area contributed by atoms with Crippen LogP contribution < -0.4 is 14.8 Å². The van der Waals surface area contributed by atoms with E-state index < -0.39 is 0 Å². The summed E-state index contributed by atoms with van der Waals surface area (Å²) >= 11 is 1.55. The average molecular weight is 243 g/mol. The van der Waals surface area contributed by atoms with Crippen molar-refractivity contribution in [1.82, 2.24) is 9.97 Å². The van der Waals surface area contributed by atoms with E-state index in [0.717, 1.165) is 23.7 Å². The van der Waals surface area contributed by atoms with Gasteiger partial charge in [0.2, 0.25) is 5.88 Å². The van der Waals surface area contributed by atoms with E-state index in [9.17, 15) is 0 Å². The minimum Gasteiger partial charge on any atom is -0.480 e. The van der Waals surface area contributed by atoms with Gasteiger partial charge in [0.1, 0.15) is 4.90 Å². The Labute approximate surface area is 100.0 Å². The molecule has 0 saturated carbocycles. The SMILES string of the molecule is CCCNc1nc(OC)nc(OC)c1SC. The van der Waals surface area contributed by atoms with Crippen LogP contribution in [0, 0.1) is 0 Å². The third kappa shape index (κ3) is 2.91. The van der Waals surface area contributed by atoms with Gasteiger partial charge in [-0.2, -0.15) is 9.97 Å². The van der Waals surface area contributed by atoms with Crippen LogP contribution in [0.5, 0.6) is 11.9 Å². The standard InChI is InChI=1S/C10H17N3O2S/c1-5-6-11-8-7(16-4)9(14-2)13-10(12-8)15-3/h5-6H2,1-4H3,(H,11,12,13).